The summed E-state index contributed by atoms with van der Waals surface area (Å²) in [6, 6.07) is 32.9. The van der Waals surface area contributed by atoms with Gasteiger partial charge in [0.2, 0.25) is 0 Å². The van der Waals surface area contributed by atoms with Crippen LogP contribution >= 0.6 is 0 Å². The summed E-state index contributed by atoms with van der Waals surface area (Å²) in [5.74, 6) is 0.595. The molecule has 0 fully saturated rings. The van der Waals surface area contributed by atoms with Crippen LogP contribution in [0.1, 0.15) is 49.9 Å². The maximum Gasteiger partial charge on any atom is 0.160 e. The molecule has 0 amide bonds. The molecule has 5 aromatic rings. The molecule has 2 aromatic heterocycles. The summed E-state index contributed by atoms with van der Waals surface area (Å²) in [5, 5.41) is 0. The molecule has 0 saturated carbocycles. The molecule has 3 aromatic carbocycles. The molecular weight excluding hydrogens is 560 g/mol. The smallest absolute Gasteiger partial charge is 0.160 e. The van der Waals surface area contributed by atoms with Gasteiger partial charge in [-0.2, -0.15) is 0 Å². The van der Waals surface area contributed by atoms with Crippen molar-refractivity contribution < 1.29 is 0 Å². The SMILES string of the molecule is C=C/C=C(\C=C/C)c1ccc(C(C)=NC(=NC(=C)c2ccc(-c3ccncc3)cc2)c2ccc(-c3ccncc3)cc2)cc1.CC. The van der Waals surface area contributed by atoms with Crippen LogP contribution < -0.4 is 0 Å². The normalized spacial score (nSPS) is 12.0. The van der Waals surface area contributed by atoms with E-state index in [0.29, 0.717) is 11.5 Å². The topological polar surface area (TPSA) is 50.5 Å². The van der Waals surface area contributed by atoms with Crippen molar-refractivity contribution in [1.29, 1.82) is 0 Å². The Labute approximate surface area is 273 Å². The predicted molar refractivity (Wildman–Crippen MR) is 198 cm³/mol. The Bertz CT molecular complexity index is 1840. The van der Waals surface area contributed by atoms with Gasteiger partial charge in [0.25, 0.3) is 0 Å². The lowest BCUT2D eigenvalue weighted by atomic mass is 10.0. The molecule has 0 radical (unpaired) electrons. The Morgan fingerprint density at radius 2 is 1.02 bits per heavy atom. The van der Waals surface area contributed by atoms with Crippen LogP contribution in [-0.2, 0) is 0 Å². The van der Waals surface area contributed by atoms with Crippen molar-refractivity contribution in [2.24, 2.45) is 9.98 Å². The standard InChI is InChI=1S/C40H34N4.C2H6/c1-5-7-33(8-6-2)34-13-9-31(10-14-34)29(3)43-40(39-19-17-36(18-20-39)38-23-27-42-28-24-38)44-30(4)32-11-15-35(16-12-32)37-21-25-41-26-22-37;1-2/h5-28H,1,4H2,2-3H3;1-2H3/b8-6-,33-7+,43-29?,44-40?;. The highest BCUT2D eigenvalue weighted by molar-refractivity contribution is 6.12. The van der Waals surface area contributed by atoms with E-state index in [1.165, 1.54) is 0 Å². The van der Waals surface area contributed by atoms with E-state index >= 15 is 0 Å². The van der Waals surface area contributed by atoms with Gasteiger partial charge in [0.15, 0.2) is 5.84 Å². The molecule has 5 rings (SSSR count). The number of aliphatic imine (C=N–C) groups is 2. The van der Waals surface area contributed by atoms with Gasteiger partial charge in [-0.05, 0) is 82.6 Å². The summed E-state index contributed by atoms with van der Waals surface area (Å²) >= 11 is 0. The van der Waals surface area contributed by atoms with Crippen LogP contribution in [0.2, 0.25) is 0 Å². The van der Waals surface area contributed by atoms with Crippen molar-refractivity contribution in [1.82, 2.24) is 9.97 Å². The van der Waals surface area contributed by atoms with Crippen molar-refractivity contribution >= 4 is 22.8 Å². The van der Waals surface area contributed by atoms with Gasteiger partial charge in [-0.15, -0.1) is 0 Å². The average molecular weight is 601 g/mol. The summed E-state index contributed by atoms with van der Waals surface area (Å²) in [6.07, 6.45) is 15.1. The third-order valence-electron chi connectivity index (χ3n) is 7.18. The van der Waals surface area contributed by atoms with Gasteiger partial charge >= 0.3 is 0 Å². The van der Waals surface area contributed by atoms with Crippen LogP contribution in [0.25, 0.3) is 33.5 Å². The van der Waals surface area contributed by atoms with Crippen molar-refractivity contribution in [3.63, 3.8) is 0 Å². The maximum absolute atomic E-state index is 5.04. The molecule has 2 heterocycles. The largest absolute Gasteiger partial charge is 0.265 e. The first kappa shape index (κ1) is 33.2. The number of pyridine rings is 2. The Hall–Kier alpha value is -5.74. The zero-order valence-corrected chi connectivity index (χ0v) is 27.1. The molecule has 0 unspecified atom stereocenters. The van der Waals surface area contributed by atoms with Crippen LogP contribution in [0, 0.1) is 0 Å². The number of hydrogen-bond donors (Lipinski definition) is 0. The monoisotopic (exact) mass is 600 g/mol. The lowest BCUT2D eigenvalue weighted by molar-refractivity contribution is 1.33. The first-order chi connectivity index (χ1) is 22.6. The van der Waals surface area contributed by atoms with Crippen LogP contribution in [0.4, 0.5) is 0 Å². The quantitative estimate of drug-likeness (QED) is 0.0960. The molecule has 228 valence electrons. The van der Waals surface area contributed by atoms with E-state index in [2.05, 4.69) is 89.9 Å². The van der Waals surface area contributed by atoms with Crippen LogP contribution in [0.5, 0.6) is 0 Å². The minimum atomic E-state index is 0.595. The second-order valence-electron chi connectivity index (χ2n) is 10.1. The van der Waals surface area contributed by atoms with Gasteiger partial charge in [0.05, 0.1) is 5.70 Å². The van der Waals surface area contributed by atoms with Crippen molar-refractivity contribution in [3.05, 3.63) is 182 Å². The van der Waals surface area contributed by atoms with Gasteiger partial charge in [-0.1, -0.05) is 124 Å². The number of nitrogens with zero attached hydrogens (tertiary/aromatic N) is 4. The highest BCUT2D eigenvalue weighted by Gasteiger charge is 2.09. The zero-order chi connectivity index (χ0) is 32.7. The number of aromatic nitrogens is 2. The minimum Gasteiger partial charge on any atom is -0.265 e. The Balaban J connectivity index is 0.00000235. The molecule has 0 saturated heterocycles. The van der Waals surface area contributed by atoms with Gasteiger partial charge in [0.1, 0.15) is 0 Å². The lowest BCUT2D eigenvalue weighted by Crippen LogP contribution is -2.04. The molecule has 0 N–H and O–H groups in total. The fourth-order valence-electron chi connectivity index (χ4n) is 4.78. The van der Waals surface area contributed by atoms with E-state index in [0.717, 1.165) is 55.8 Å². The van der Waals surface area contributed by atoms with Gasteiger partial charge < -0.3 is 0 Å². The van der Waals surface area contributed by atoms with E-state index in [9.17, 15) is 0 Å². The van der Waals surface area contributed by atoms with Crippen molar-refractivity contribution in [2.75, 3.05) is 0 Å². The van der Waals surface area contributed by atoms with Crippen LogP contribution in [0.3, 0.4) is 0 Å². The number of amidine groups is 1. The summed E-state index contributed by atoms with van der Waals surface area (Å²) < 4.78 is 0. The van der Waals surface area contributed by atoms with Gasteiger partial charge in [0, 0.05) is 36.1 Å². The Morgan fingerprint density at radius 3 is 1.50 bits per heavy atom. The van der Waals surface area contributed by atoms with Crippen LogP contribution in [-0.4, -0.2) is 21.5 Å². The summed E-state index contributed by atoms with van der Waals surface area (Å²) in [6.45, 7) is 16.2. The highest BCUT2D eigenvalue weighted by atomic mass is 14.9. The fourth-order valence-corrected chi connectivity index (χ4v) is 4.78. The van der Waals surface area contributed by atoms with Gasteiger partial charge in [-0.25, -0.2) is 9.98 Å². The zero-order valence-electron chi connectivity index (χ0n) is 27.1. The molecule has 0 spiro atoms. The first-order valence-corrected chi connectivity index (χ1v) is 15.5. The lowest BCUT2D eigenvalue weighted by Gasteiger charge is -2.10. The van der Waals surface area contributed by atoms with Crippen molar-refractivity contribution in [2.45, 2.75) is 27.7 Å². The molecular formula is C42H40N4. The molecule has 0 atom stereocenters. The average Bonchev–Trinajstić information content (AvgIpc) is 3.13. The number of rotatable bonds is 9. The molecule has 0 aliphatic rings. The summed E-state index contributed by atoms with van der Waals surface area (Å²) in [5.41, 5.74) is 11.0. The fraction of sp³-hybridized carbons (Fsp3) is 0.0952. The predicted octanol–water partition coefficient (Wildman–Crippen LogP) is 10.9. The maximum atomic E-state index is 5.04. The highest BCUT2D eigenvalue weighted by Crippen LogP contribution is 2.24. The third-order valence-corrected chi connectivity index (χ3v) is 7.18. The van der Waals surface area contributed by atoms with E-state index in [4.69, 9.17) is 9.98 Å². The second kappa shape index (κ2) is 16.9. The Kier molecular flexibility index (Phi) is 12.2. The molecule has 0 aliphatic heterocycles. The first-order valence-electron chi connectivity index (χ1n) is 15.5. The molecule has 0 aliphatic carbocycles. The van der Waals surface area contributed by atoms with Crippen LogP contribution in [0.15, 0.2) is 169 Å². The number of hydrogen-bond acceptors (Lipinski definition) is 3. The van der Waals surface area contributed by atoms with E-state index < -0.39 is 0 Å². The number of benzene rings is 3. The van der Waals surface area contributed by atoms with E-state index in [-0.39, 0.29) is 0 Å². The summed E-state index contributed by atoms with van der Waals surface area (Å²) in [7, 11) is 0. The third kappa shape index (κ3) is 8.67. The summed E-state index contributed by atoms with van der Waals surface area (Å²) in [4.78, 5) is 18.3. The molecule has 0 bridgehead atoms. The minimum absolute atomic E-state index is 0.595. The van der Waals surface area contributed by atoms with E-state index in [1.54, 1.807) is 30.9 Å². The second-order valence-corrected chi connectivity index (χ2v) is 10.1. The molecule has 46 heavy (non-hydrogen) atoms. The molecule has 4 heteroatoms. The Morgan fingerprint density at radius 1 is 0.587 bits per heavy atom. The van der Waals surface area contributed by atoms with Gasteiger partial charge in [-0.3, -0.25) is 9.97 Å². The van der Waals surface area contributed by atoms with Crippen molar-refractivity contribution in [3.8, 4) is 22.3 Å². The molecule has 4 nitrogen and oxygen atoms in total. The number of allylic oxidation sites excluding steroid dienone is 5. The van der Waals surface area contributed by atoms with E-state index in [1.807, 2.05) is 76.2 Å².